The van der Waals surface area contributed by atoms with Crippen LogP contribution in [-0.4, -0.2) is 24.1 Å². The average Bonchev–Trinajstić information content (AvgIpc) is 3.21. The summed E-state index contributed by atoms with van der Waals surface area (Å²) in [6, 6.07) is 22.6. The molecule has 0 saturated carbocycles. The van der Waals surface area contributed by atoms with Gasteiger partial charge in [-0.15, -0.1) is 10.2 Å². The molecule has 0 fully saturated rings. The van der Waals surface area contributed by atoms with E-state index in [4.69, 9.17) is 23.2 Å². The van der Waals surface area contributed by atoms with E-state index in [0.29, 0.717) is 33.7 Å². The number of benzene rings is 2. The van der Waals surface area contributed by atoms with E-state index < -0.39 is 0 Å². The van der Waals surface area contributed by atoms with Crippen LogP contribution >= 0.6 is 35.0 Å². The van der Waals surface area contributed by atoms with Gasteiger partial charge in [-0.2, -0.15) is 0 Å². The quantitative estimate of drug-likeness (QED) is 0.288. The first-order chi connectivity index (χ1) is 16.1. The highest BCUT2D eigenvalue weighted by atomic mass is 35.5. The van der Waals surface area contributed by atoms with Gasteiger partial charge < -0.3 is 0 Å². The maximum Gasteiger partial charge on any atom is 0.258 e. The second kappa shape index (κ2) is 9.39. The number of nitrogens with zero attached hydrogens (tertiary/aromatic N) is 5. The molecule has 164 valence electrons. The molecule has 9 heteroatoms. The molecule has 0 spiro atoms. The van der Waals surface area contributed by atoms with E-state index in [1.54, 1.807) is 18.3 Å². The molecule has 5 rings (SSSR count). The Morgan fingerprint density at radius 1 is 0.879 bits per heavy atom. The van der Waals surface area contributed by atoms with Crippen LogP contribution in [0, 0.1) is 0 Å². The third-order valence-electron chi connectivity index (χ3n) is 5.03. The lowest BCUT2D eigenvalue weighted by Crippen LogP contribution is -2.15. The van der Waals surface area contributed by atoms with E-state index in [0.717, 1.165) is 22.1 Å². The zero-order valence-corrected chi connectivity index (χ0v) is 19.6. The number of aromatic nitrogens is 5. The molecule has 0 aliphatic heterocycles. The molecule has 0 bridgehead atoms. The fourth-order valence-electron chi connectivity index (χ4n) is 3.46. The maximum atomic E-state index is 12.5. The Kier molecular flexibility index (Phi) is 6.17. The zero-order valence-electron chi connectivity index (χ0n) is 17.2. The van der Waals surface area contributed by atoms with Gasteiger partial charge in [-0.05, 0) is 42.0 Å². The summed E-state index contributed by atoms with van der Waals surface area (Å²) >= 11 is 13.6. The molecule has 0 amide bonds. The molecular formula is C24H17Cl2N5OS. The molecule has 0 radical (unpaired) electrons. The van der Waals surface area contributed by atoms with E-state index in [9.17, 15) is 4.79 Å². The average molecular weight is 494 g/mol. The van der Waals surface area contributed by atoms with Crippen LogP contribution in [0.2, 0.25) is 10.0 Å². The van der Waals surface area contributed by atoms with Crippen LogP contribution < -0.4 is 5.56 Å². The van der Waals surface area contributed by atoms with Gasteiger partial charge in [0.2, 0.25) is 0 Å². The Balaban J connectivity index is 1.47. The lowest BCUT2D eigenvalue weighted by molar-refractivity contribution is 0.714. The van der Waals surface area contributed by atoms with E-state index in [1.165, 1.54) is 22.2 Å². The van der Waals surface area contributed by atoms with Crippen LogP contribution in [0.4, 0.5) is 0 Å². The van der Waals surface area contributed by atoms with Crippen LogP contribution in [0.3, 0.4) is 0 Å². The fraction of sp³-hybridized carbons (Fsp3) is 0.0833. The normalized spacial score (nSPS) is 11.2. The number of hydrogen-bond acceptors (Lipinski definition) is 5. The summed E-state index contributed by atoms with van der Waals surface area (Å²) < 4.78 is 3.50. The summed E-state index contributed by atoms with van der Waals surface area (Å²) in [5.74, 6) is 1.22. The molecule has 33 heavy (non-hydrogen) atoms. The lowest BCUT2D eigenvalue weighted by Gasteiger charge is -2.11. The van der Waals surface area contributed by atoms with Gasteiger partial charge in [-0.25, -0.2) is 4.98 Å². The summed E-state index contributed by atoms with van der Waals surface area (Å²) in [5, 5.41) is 10.8. The number of rotatable bonds is 6. The highest BCUT2D eigenvalue weighted by Crippen LogP contribution is 2.28. The predicted octanol–water partition coefficient (Wildman–Crippen LogP) is 5.60. The van der Waals surface area contributed by atoms with Crippen LogP contribution in [-0.2, 0) is 12.3 Å². The Morgan fingerprint density at radius 3 is 2.42 bits per heavy atom. The summed E-state index contributed by atoms with van der Waals surface area (Å²) in [5.41, 5.74) is 3.09. The summed E-state index contributed by atoms with van der Waals surface area (Å²) in [4.78, 5) is 17.1. The van der Waals surface area contributed by atoms with Crippen molar-refractivity contribution in [3.8, 4) is 11.4 Å². The molecule has 0 aliphatic carbocycles. The summed E-state index contributed by atoms with van der Waals surface area (Å²) in [6.45, 7) is 0.612. The van der Waals surface area contributed by atoms with Crippen LogP contribution in [0.15, 0.2) is 88.9 Å². The first-order valence-corrected chi connectivity index (χ1v) is 11.8. The number of fused-ring (bicyclic) bond motifs is 1. The van der Waals surface area contributed by atoms with E-state index in [-0.39, 0.29) is 5.56 Å². The van der Waals surface area contributed by atoms with Gasteiger partial charge in [0.25, 0.3) is 5.56 Å². The fourth-order valence-corrected chi connectivity index (χ4v) is 4.57. The highest BCUT2D eigenvalue weighted by Gasteiger charge is 2.16. The zero-order chi connectivity index (χ0) is 22.8. The molecular weight excluding hydrogens is 477 g/mol. The Morgan fingerprint density at radius 2 is 1.64 bits per heavy atom. The molecule has 5 aromatic rings. The van der Waals surface area contributed by atoms with Gasteiger partial charge in [-0.3, -0.25) is 13.8 Å². The predicted molar refractivity (Wildman–Crippen MR) is 132 cm³/mol. The minimum atomic E-state index is -0.175. The van der Waals surface area contributed by atoms with Gasteiger partial charge in [0.05, 0.1) is 17.3 Å². The SMILES string of the molecule is O=c1cc(CSc2nnc(-c3ccc(Cl)cc3)n2Cc2ccccc2)nc2ccc(Cl)cn12. The molecule has 0 unspecified atom stereocenters. The third kappa shape index (κ3) is 4.80. The first-order valence-electron chi connectivity index (χ1n) is 10.1. The maximum absolute atomic E-state index is 12.5. The Hall–Kier alpha value is -3.13. The van der Waals surface area contributed by atoms with Crippen LogP contribution in [0.5, 0.6) is 0 Å². The van der Waals surface area contributed by atoms with Crippen molar-refractivity contribution < 1.29 is 0 Å². The smallest absolute Gasteiger partial charge is 0.258 e. The number of hydrogen-bond donors (Lipinski definition) is 0. The standard InChI is InChI=1S/C24H17Cl2N5OS/c25-18-8-6-17(7-9-18)23-28-29-24(31(23)13-16-4-2-1-3-5-16)33-15-20-12-22(32)30-14-19(26)10-11-21(30)27-20/h1-12,14H,13,15H2. The Bertz CT molecular complexity index is 1480. The van der Waals surface area contributed by atoms with Gasteiger partial charge in [-0.1, -0.05) is 65.3 Å². The van der Waals surface area contributed by atoms with Gasteiger partial charge in [0.15, 0.2) is 11.0 Å². The minimum absolute atomic E-state index is 0.175. The molecule has 0 saturated heterocycles. The van der Waals surface area contributed by atoms with Crippen molar-refractivity contribution in [1.82, 2.24) is 24.1 Å². The summed E-state index contributed by atoms with van der Waals surface area (Å²) in [6.07, 6.45) is 1.57. The highest BCUT2D eigenvalue weighted by molar-refractivity contribution is 7.98. The van der Waals surface area contributed by atoms with Gasteiger partial charge in [0, 0.05) is 28.6 Å². The molecule has 0 aliphatic rings. The molecule has 6 nitrogen and oxygen atoms in total. The number of thioether (sulfide) groups is 1. The molecule has 0 atom stereocenters. The monoisotopic (exact) mass is 493 g/mol. The summed E-state index contributed by atoms with van der Waals surface area (Å²) in [7, 11) is 0. The van der Waals surface area contributed by atoms with Crippen molar-refractivity contribution in [3.63, 3.8) is 0 Å². The molecule has 3 aromatic heterocycles. The van der Waals surface area contributed by atoms with Crippen molar-refractivity contribution in [2.45, 2.75) is 17.5 Å². The second-order valence-electron chi connectivity index (χ2n) is 7.33. The third-order valence-corrected chi connectivity index (χ3v) is 6.50. The molecule has 3 heterocycles. The topological polar surface area (TPSA) is 65.1 Å². The largest absolute Gasteiger partial charge is 0.298 e. The van der Waals surface area contributed by atoms with Crippen molar-refractivity contribution in [3.05, 3.63) is 111 Å². The number of halogens is 2. The second-order valence-corrected chi connectivity index (χ2v) is 9.15. The molecule has 2 aromatic carbocycles. The number of pyridine rings is 1. The van der Waals surface area contributed by atoms with Crippen LogP contribution in [0.25, 0.3) is 17.0 Å². The van der Waals surface area contributed by atoms with E-state index >= 15 is 0 Å². The first kappa shape index (κ1) is 21.7. The van der Waals surface area contributed by atoms with Crippen molar-refractivity contribution >= 4 is 40.6 Å². The van der Waals surface area contributed by atoms with Crippen molar-refractivity contribution in [2.24, 2.45) is 0 Å². The van der Waals surface area contributed by atoms with E-state index in [2.05, 4.69) is 31.9 Å². The van der Waals surface area contributed by atoms with Gasteiger partial charge in [0.1, 0.15) is 5.65 Å². The van der Waals surface area contributed by atoms with E-state index in [1.807, 2.05) is 42.5 Å². The van der Waals surface area contributed by atoms with Crippen molar-refractivity contribution in [1.29, 1.82) is 0 Å². The van der Waals surface area contributed by atoms with Crippen molar-refractivity contribution in [2.75, 3.05) is 0 Å². The molecule has 0 N–H and O–H groups in total. The van der Waals surface area contributed by atoms with Crippen LogP contribution in [0.1, 0.15) is 11.3 Å². The lowest BCUT2D eigenvalue weighted by atomic mass is 10.2. The Labute approximate surface area is 203 Å². The minimum Gasteiger partial charge on any atom is -0.298 e. The van der Waals surface area contributed by atoms with Gasteiger partial charge >= 0.3 is 0 Å².